The van der Waals surface area contributed by atoms with Crippen LogP contribution in [0.4, 0.5) is 5.69 Å². The summed E-state index contributed by atoms with van der Waals surface area (Å²) in [5, 5.41) is 8.18. The maximum Gasteiger partial charge on any atom is 0.129 e. The van der Waals surface area contributed by atoms with Crippen molar-refractivity contribution in [3.63, 3.8) is 0 Å². The Morgan fingerprint density at radius 3 is 2.62 bits per heavy atom. The molecule has 4 rings (SSSR count). The highest BCUT2D eigenvalue weighted by Gasteiger charge is 2.34. The first-order valence-corrected chi connectivity index (χ1v) is 7.50. The van der Waals surface area contributed by atoms with Crippen molar-refractivity contribution in [1.82, 2.24) is 0 Å². The summed E-state index contributed by atoms with van der Waals surface area (Å²) < 4.78 is 5.81. The Labute approximate surface area is 132 Å². The van der Waals surface area contributed by atoms with Gasteiger partial charge in [0.1, 0.15) is 5.75 Å². The Morgan fingerprint density at radius 2 is 1.81 bits per heavy atom. The number of ether oxygens (including phenoxy) is 1. The van der Waals surface area contributed by atoms with Crippen molar-refractivity contribution in [2.75, 3.05) is 18.2 Å². The number of hydrogen-bond donors (Lipinski definition) is 0. The molecule has 21 heavy (non-hydrogen) atoms. The third-order valence-corrected chi connectivity index (χ3v) is 4.28. The minimum Gasteiger partial charge on any atom is -0.492 e. The van der Waals surface area contributed by atoms with Crippen molar-refractivity contribution in [2.24, 2.45) is 11.0 Å². The van der Waals surface area contributed by atoms with Gasteiger partial charge >= 0.3 is 0 Å². The zero-order chi connectivity index (χ0) is 14.4. The lowest BCUT2D eigenvalue weighted by Crippen LogP contribution is -2.29. The quantitative estimate of drug-likeness (QED) is 0.786. The average Bonchev–Trinajstić information content (AvgIpc) is 2.92. The normalized spacial score (nSPS) is 19.6. The van der Waals surface area contributed by atoms with Crippen LogP contribution in [0, 0.1) is 5.92 Å². The molecule has 2 aliphatic heterocycles. The van der Waals surface area contributed by atoms with Gasteiger partial charge in [-0.25, -0.2) is 0 Å². The molecule has 0 fully saturated rings. The average molecular weight is 319 g/mol. The van der Waals surface area contributed by atoms with Gasteiger partial charge in [-0.2, -0.15) is 5.10 Å². The van der Waals surface area contributed by atoms with Gasteiger partial charge in [0.15, 0.2) is 0 Å². The maximum atomic E-state index is 6.02. The number of hydrazone groups is 1. The SMILES string of the molecule is Clc1ccc(N2CC3COc4cc(Cl)ccc4C3=N2)cc1. The van der Waals surface area contributed by atoms with E-state index >= 15 is 0 Å². The fraction of sp³-hybridized carbons (Fsp3) is 0.188. The number of hydrogen-bond acceptors (Lipinski definition) is 3. The van der Waals surface area contributed by atoms with Crippen LogP contribution in [-0.2, 0) is 0 Å². The molecule has 5 heteroatoms. The Morgan fingerprint density at radius 1 is 1.05 bits per heavy atom. The number of rotatable bonds is 1. The van der Waals surface area contributed by atoms with E-state index in [1.807, 2.05) is 47.5 Å². The second-order valence-electron chi connectivity index (χ2n) is 5.19. The van der Waals surface area contributed by atoms with E-state index in [0.29, 0.717) is 11.6 Å². The summed E-state index contributed by atoms with van der Waals surface area (Å²) in [6, 6.07) is 13.4. The lowest BCUT2D eigenvalue weighted by Gasteiger charge is -2.22. The van der Waals surface area contributed by atoms with Gasteiger partial charge in [-0.15, -0.1) is 0 Å². The predicted molar refractivity (Wildman–Crippen MR) is 85.8 cm³/mol. The van der Waals surface area contributed by atoms with E-state index in [1.54, 1.807) is 0 Å². The van der Waals surface area contributed by atoms with Gasteiger partial charge in [0.2, 0.25) is 0 Å². The zero-order valence-corrected chi connectivity index (χ0v) is 12.6. The van der Waals surface area contributed by atoms with Gasteiger partial charge in [0.25, 0.3) is 0 Å². The van der Waals surface area contributed by atoms with Crippen molar-refractivity contribution in [3.8, 4) is 5.75 Å². The molecule has 2 aliphatic rings. The van der Waals surface area contributed by atoms with Crippen LogP contribution in [0.1, 0.15) is 5.56 Å². The molecule has 0 saturated heterocycles. The molecular formula is C16H12Cl2N2O. The highest BCUT2D eigenvalue weighted by atomic mass is 35.5. The second-order valence-corrected chi connectivity index (χ2v) is 6.07. The Hall–Kier alpha value is -1.71. The summed E-state index contributed by atoms with van der Waals surface area (Å²) in [6.07, 6.45) is 0. The third kappa shape index (κ3) is 2.27. The van der Waals surface area contributed by atoms with Gasteiger partial charge in [-0.3, -0.25) is 5.01 Å². The minimum atomic E-state index is 0.286. The van der Waals surface area contributed by atoms with E-state index in [2.05, 4.69) is 0 Å². The van der Waals surface area contributed by atoms with Crippen LogP contribution in [0.3, 0.4) is 0 Å². The molecule has 0 aromatic heterocycles. The molecule has 0 amide bonds. The summed E-state index contributed by atoms with van der Waals surface area (Å²) in [6.45, 7) is 1.45. The molecule has 2 aromatic rings. The predicted octanol–water partition coefficient (Wildman–Crippen LogP) is 4.23. The number of anilines is 1. The van der Waals surface area contributed by atoms with Gasteiger partial charge < -0.3 is 4.74 Å². The smallest absolute Gasteiger partial charge is 0.129 e. The number of nitrogens with zero attached hydrogens (tertiary/aromatic N) is 2. The van der Waals surface area contributed by atoms with Crippen molar-refractivity contribution in [1.29, 1.82) is 0 Å². The van der Waals surface area contributed by atoms with Crippen LogP contribution in [0.2, 0.25) is 10.0 Å². The lowest BCUT2D eigenvalue weighted by molar-refractivity contribution is 0.280. The molecular weight excluding hydrogens is 307 g/mol. The number of fused-ring (bicyclic) bond motifs is 3. The minimum absolute atomic E-state index is 0.286. The van der Waals surface area contributed by atoms with Gasteiger partial charge in [-0.05, 0) is 42.5 Å². The second kappa shape index (κ2) is 4.93. The van der Waals surface area contributed by atoms with Crippen LogP contribution in [0.5, 0.6) is 5.75 Å². The van der Waals surface area contributed by atoms with E-state index < -0.39 is 0 Å². The van der Waals surface area contributed by atoms with Gasteiger partial charge in [0, 0.05) is 15.6 Å². The summed E-state index contributed by atoms with van der Waals surface area (Å²) in [5.41, 5.74) is 3.15. The molecule has 2 heterocycles. The van der Waals surface area contributed by atoms with E-state index in [0.717, 1.165) is 34.3 Å². The fourth-order valence-corrected chi connectivity index (χ4v) is 3.04. The molecule has 1 atom stereocenters. The molecule has 3 nitrogen and oxygen atoms in total. The standard InChI is InChI=1S/C16H12Cl2N2O/c17-11-1-4-13(5-2-11)20-8-10-9-21-15-7-12(18)3-6-14(15)16(10)19-20/h1-7,10H,8-9H2. The van der Waals surface area contributed by atoms with Crippen molar-refractivity contribution in [2.45, 2.75) is 0 Å². The Bertz CT molecular complexity index is 728. The van der Waals surface area contributed by atoms with E-state index in [1.165, 1.54) is 0 Å². The van der Waals surface area contributed by atoms with E-state index in [9.17, 15) is 0 Å². The van der Waals surface area contributed by atoms with Crippen LogP contribution < -0.4 is 9.75 Å². The summed E-state index contributed by atoms with van der Waals surface area (Å²) >= 11 is 12.0. The van der Waals surface area contributed by atoms with Crippen LogP contribution in [0.15, 0.2) is 47.6 Å². The highest BCUT2D eigenvalue weighted by molar-refractivity contribution is 6.31. The molecule has 0 aliphatic carbocycles. The third-order valence-electron chi connectivity index (χ3n) is 3.79. The summed E-state index contributed by atoms with van der Waals surface area (Å²) in [7, 11) is 0. The number of benzene rings is 2. The summed E-state index contributed by atoms with van der Waals surface area (Å²) in [4.78, 5) is 0. The molecule has 0 spiro atoms. The molecule has 2 aromatic carbocycles. The molecule has 1 unspecified atom stereocenters. The first-order valence-electron chi connectivity index (χ1n) is 6.75. The Kier molecular flexibility index (Phi) is 3.05. The molecule has 0 radical (unpaired) electrons. The topological polar surface area (TPSA) is 24.8 Å². The zero-order valence-electron chi connectivity index (χ0n) is 11.1. The van der Waals surface area contributed by atoms with Crippen LogP contribution in [0.25, 0.3) is 0 Å². The lowest BCUT2D eigenvalue weighted by atomic mass is 9.95. The molecule has 0 bridgehead atoms. The van der Waals surface area contributed by atoms with Gasteiger partial charge in [-0.1, -0.05) is 23.2 Å². The maximum absolute atomic E-state index is 6.02. The van der Waals surface area contributed by atoms with E-state index in [4.69, 9.17) is 33.0 Å². The Balaban J connectivity index is 1.72. The highest BCUT2D eigenvalue weighted by Crippen LogP contribution is 2.35. The number of halogens is 2. The monoisotopic (exact) mass is 318 g/mol. The van der Waals surface area contributed by atoms with Crippen LogP contribution >= 0.6 is 23.2 Å². The van der Waals surface area contributed by atoms with Crippen molar-refractivity contribution in [3.05, 3.63) is 58.1 Å². The van der Waals surface area contributed by atoms with E-state index in [-0.39, 0.29) is 5.92 Å². The molecule has 0 saturated carbocycles. The summed E-state index contributed by atoms with van der Waals surface area (Å²) in [5.74, 6) is 1.10. The molecule has 0 N–H and O–H groups in total. The van der Waals surface area contributed by atoms with Crippen molar-refractivity contribution >= 4 is 34.6 Å². The largest absolute Gasteiger partial charge is 0.492 e. The van der Waals surface area contributed by atoms with Crippen molar-refractivity contribution < 1.29 is 4.74 Å². The molecule has 106 valence electrons. The fourth-order valence-electron chi connectivity index (χ4n) is 2.75. The van der Waals surface area contributed by atoms with Gasteiger partial charge in [0.05, 0.1) is 30.5 Å². The first kappa shape index (κ1) is 13.0. The van der Waals surface area contributed by atoms with Crippen LogP contribution in [-0.4, -0.2) is 18.9 Å². The first-order chi connectivity index (χ1) is 10.2.